The first-order valence-corrected chi connectivity index (χ1v) is 7.60. The Labute approximate surface area is 118 Å². The average molecular weight is 271 g/mol. The SMILES string of the molecule is CN(CCCCC(C)(O)CN)CC1(N(C)C)CCC1. The maximum Gasteiger partial charge on any atom is 0.0741 e. The zero-order chi connectivity index (χ0) is 14.5. The van der Waals surface area contributed by atoms with Crippen molar-refractivity contribution in [2.24, 2.45) is 5.73 Å². The number of hydrogen-bond acceptors (Lipinski definition) is 4. The third kappa shape index (κ3) is 5.03. The fourth-order valence-electron chi connectivity index (χ4n) is 2.90. The van der Waals surface area contributed by atoms with Crippen LogP contribution in [0, 0.1) is 0 Å². The van der Waals surface area contributed by atoms with E-state index in [1.807, 2.05) is 6.92 Å². The zero-order valence-corrected chi connectivity index (χ0v) is 13.3. The van der Waals surface area contributed by atoms with Crippen LogP contribution in [0.15, 0.2) is 0 Å². The van der Waals surface area contributed by atoms with Gasteiger partial charge in [-0.25, -0.2) is 0 Å². The van der Waals surface area contributed by atoms with Crippen molar-refractivity contribution in [2.75, 3.05) is 40.8 Å². The van der Waals surface area contributed by atoms with Crippen molar-refractivity contribution in [1.29, 1.82) is 0 Å². The zero-order valence-electron chi connectivity index (χ0n) is 13.3. The molecule has 1 aliphatic rings. The van der Waals surface area contributed by atoms with Gasteiger partial charge in [0.05, 0.1) is 5.60 Å². The maximum absolute atomic E-state index is 9.85. The molecule has 4 nitrogen and oxygen atoms in total. The average Bonchev–Trinajstić information content (AvgIpc) is 2.29. The van der Waals surface area contributed by atoms with Crippen LogP contribution in [-0.4, -0.2) is 66.8 Å². The molecule has 0 spiro atoms. The van der Waals surface area contributed by atoms with E-state index in [1.165, 1.54) is 19.3 Å². The predicted octanol–water partition coefficient (Wildman–Crippen LogP) is 1.28. The number of aliphatic hydroxyl groups is 1. The van der Waals surface area contributed by atoms with Gasteiger partial charge in [-0.15, -0.1) is 0 Å². The minimum atomic E-state index is -0.683. The number of nitrogens with zero attached hydrogens (tertiary/aromatic N) is 2. The van der Waals surface area contributed by atoms with Crippen molar-refractivity contribution in [2.45, 2.75) is 56.6 Å². The van der Waals surface area contributed by atoms with Gasteiger partial charge in [-0.3, -0.25) is 0 Å². The molecule has 0 aromatic rings. The van der Waals surface area contributed by atoms with E-state index in [0.717, 1.165) is 32.4 Å². The molecule has 0 heterocycles. The molecular weight excluding hydrogens is 238 g/mol. The molecule has 0 aromatic heterocycles. The molecule has 1 unspecified atom stereocenters. The van der Waals surface area contributed by atoms with Gasteiger partial charge in [-0.1, -0.05) is 0 Å². The smallest absolute Gasteiger partial charge is 0.0741 e. The molecule has 1 aliphatic carbocycles. The highest BCUT2D eigenvalue weighted by molar-refractivity contribution is 4.97. The molecule has 114 valence electrons. The van der Waals surface area contributed by atoms with Gasteiger partial charge in [-0.05, 0) is 73.1 Å². The Morgan fingerprint density at radius 3 is 2.26 bits per heavy atom. The number of rotatable bonds is 9. The molecule has 1 rings (SSSR count). The summed E-state index contributed by atoms with van der Waals surface area (Å²) >= 11 is 0. The largest absolute Gasteiger partial charge is 0.389 e. The molecule has 0 aliphatic heterocycles. The van der Waals surface area contributed by atoms with Crippen molar-refractivity contribution < 1.29 is 5.11 Å². The highest BCUT2D eigenvalue weighted by atomic mass is 16.3. The highest BCUT2D eigenvalue weighted by Gasteiger charge is 2.39. The van der Waals surface area contributed by atoms with Gasteiger partial charge in [0.2, 0.25) is 0 Å². The number of unbranched alkanes of at least 4 members (excludes halogenated alkanes) is 1. The minimum absolute atomic E-state index is 0.354. The summed E-state index contributed by atoms with van der Waals surface area (Å²) in [5.41, 5.74) is 5.26. The van der Waals surface area contributed by atoms with E-state index in [-0.39, 0.29) is 0 Å². The van der Waals surface area contributed by atoms with Crippen molar-refractivity contribution in [3.8, 4) is 0 Å². The Morgan fingerprint density at radius 1 is 1.21 bits per heavy atom. The molecule has 0 aromatic carbocycles. The third-order valence-corrected chi connectivity index (χ3v) is 4.74. The monoisotopic (exact) mass is 271 g/mol. The molecule has 1 fully saturated rings. The molecule has 19 heavy (non-hydrogen) atoms. The van der Waals surface area contributed by atoms with Gasteiger partial charge in [0.25, 0.3) is 0 Å². The lowest BCUT2D eigenvalue weighted by molar-refractivity contribution is 0.0260. The van der Waals surface area contributed by atoms with Gasteiger partial charge < -0.3 is 20.6 Å². The molecule has 4 heteroatoms. The van der Waals surface area contributed by atoms with Crippen LogP contribution in [0.4, 0.5) is 0 Å². The van der Waals surface area contributed by atoms with Crippen LogP contribution < -0.4 is 5.73 Å². The first-order chi connectivity index (χ1) is 8.81. The summed E-state index contributed by atoms with van der Waals surface area (Å²) in [6, 6.07) is 0. The van der Waals surface area contributed by atoms with Gasteiger partial charge in [0.1, 0.15) is 0 Å². The Bertz CT molecular complexity index is 262. The number of likely N-dealkylation sites (N-methyl/N-ethyl adjacent to an activating group) is 2. The summed E-state index contributed by atoms with van der Waals surface area (Å²) < 4.78 is 0. The van der Waals surface area contributed by atoms with E-state index in [1.54, 1.807) is 0 Å². The van der Waals surface area contributed by atoms with Crippen molar-refractivity contribution in [1.82, 2.24) is 9.80 Å². The molecule has 3 N–H and O–H groups in total. The van der Waals surface area contributed by atoms with E-state index >= 15 is 0 Å². The second kappa shape index (κ2) is 7.02. The van der Waals surface area contributed by atoms with Crippen LogP contribution in [0.25, 0.3) is 0 Å². The Hall–Kier alpha value is -0.160. The quantitative estimate of drug-likeness (QED) is 0.620. The molecular formula is C15H33N3O. The van der Waals surface area contributed by atoms with Gasteiger partial charge in [0, 0.05) is 18.6 Å². The van der Waals surface area contributed by atoms with Crippen LogP contribution in [0.2, 0.25) is 0 Å². The predicted molar refractivity (Wildman–Crippen MR) is 81.3 cm³/mol. The van der Waals surface area contributed by atoms with Gasteiger partial charge >= 0.3 is 0 Å². The van der Waals surface area contributed by atoms with Crippen LogP contribution in [0.1, 0.15) is 45.4 Å². The van der Waals surface area contributed by atoms with E-state index in [2.05, 4.69) is 30.9 Å². The van der Waals surface area contributed by atoms with Crippen molar-refractivity contribution >= 4 is 0 Å². The van der Waals surface area contributed by atoms with Crippen LogP contribution in [0.3, 0.4) is 0 Å². The van der Waals surface area contributed by atoms with Gasteiger partial charge in [0.15, 0.2) is 0 Å². The molecule has 0 radical (unpaired) electrons. The van der Waals surface area contributed by atoms with E-state index in [4.69, 9.17) is 5.73 Å². The molecule has 0 amide bonds. The summed E-state index contributed by atoms with van der Waals surface area (Å²) in [6.45, 7) is 4.45. The normalized spacial score (nSPS) is 21.5. The van der Waals surface area contributed by atoms with Crippen LogP contribution >= 0.6 is 0 Å². The fourth-order valence-corrected chi connectivity index (χ4v) is 2.90. The highest BCUT2D eigenvalue weighted by Crippen LogP contribution is 2.36. The Morgan fingerprint density at radius 2 is 1.84 bits per heavy atom. The second-order valence-electron chi connectivity index (χ2n) is 6.87. The van der Waals surface area contributed by atoms with Crippen molar-refractivity contribution in [3.63, 3.8) is 0 Å². The summed E-state index contributed by atoms with van der Waals surface area (Å²) in [7, 11) is 6.61. The fraction of sp³-hybridized carbons (Fsp3) is 1.00. The van der Waals surface area contributed by atoms with E-state index < -0.39 is 5.60 Å². The van der Waals surface area contributed by atoms with Crippen LogP contribution in [-0.2, 0) is 0 Å². The van der Waals surface area contributed by atoms with E-state index in [0.29, 0.717) is 12.1 Å². The summed E-state index contributed by atoms with van der Waals surface area (Å²) in [6.07, 6.45) is 7.00. The third-order valence-electron chi connectivity index (χ3n) is 4.74. The summed E-state index contributed by atoms with van der Waals surface area (Å²) in [4.78, 5) is 4.84. The lowest BCUT2D eigenvalue weighted by atomic mass is 9.75. The number of nitrogens with two attached hydrogens (primary N) is 1. The molecule has 1 atom stereocenters. The maximum atomic E-state index is 9.85. The Balaban J connectivity index is 2.19. The second-order valence-corrected chi connectivity index (χ2v) is 6.87. The minimum Gasteiger partial charge on any atom is -0.389 e. The first-order valence-electron chi connectivity index (χ1n) is 7.60. The van der Waals surface area contributed by atoms with E-state index in [9.17, 15) is 5.11 Å². The Kier molecular flexibility index (Phi) is 6.24. The first kappa shape index (κ1) is 16.9. The molecule has 1 saturated carbocycles. The standard InChI is InChI=1S/C15H33N3O/c1-14(19,12-16)8-5-6-11-18(4)13-15(17(2)3)9-7-10-15/h19H,5-13,16H2,1-4H3. The summed E-state index contributed by atoms with van der Waals surface area (Å²) in [5, 5.41) is 9.85. The van der Waals surface area contributed by atoms with Crippen molar-refractivity contribution in [3.05, 3.63) is 0 Å². The number of hydrogen-bond donors (Lipinski definition) is 2. The van der Waals surface area contributed by atoms with Gasteiger partial charge in [-0.2, -0.15) is 0 Å². The van der Waals surface area contributed by atoms with Crippen LogP contribution in [0.5, 0.6) is 0 Å². The lowest BCUT2D eigenvalue weighted by Gasteiger charge is -2.49. The topological polar surface area (TPSA) is 52.7 Å². The lowest BCUT2D eigenvalue weighted by Crippen LogP contribution is -2.56. The summed E-state index contributed by atoms with van der Waals surface area (Å²) in [5.74, 6) is 0. The molecule has 0 bridgehead atoms. The molecule has 0 saturated heterocycles.